The summed E-state index contributed by atoms with van der Waals surface area (Å²) in [5.74, 6) is 0.763. The largest absolute Gasteiger partial charge is 0.509 e. The highest BCUT2D eigenvalue weighted by atomic mass is 16.8. The van der Waals surface area contributed by atoms with Crippen LogP contribution in [0.15, 0.2) is 72.8 Å². The number of benzene rings is 3. The van der Waals surface area contributed by atoms with E-state index >= 15 is 0 Å². The molecule has 0 bridgehead atoms. The Kier molecular flexibility index (Phi) is 8.46. The molecule has 2 aliphatic heterocycles. The van der Waals surface area contributed by atoms with Gasteiger partial charge in [0.2, 0.25) is 12.4 Å². The second kappa shape index (κ2) is 12.2. The maximum atomic E-state index is 13.6. The molecule has 2 fully saturated rings. The number of methoxy groups -OCH3 is 2. The van der Waals surface area contributed by atoms with Crippen LogP contribution in [0, 0.1) is 0 Å². The highest BCUT2D eigenvalue weighted by molar-refractivity contribution is 6.02. The van der Waals surface area contributed by atoms with Gasteiger partial charge in [-0.2, -0.15) is 0 Å². The van der Waals surface area contributed by atoms with Crippen molar-refractivity contribution in [2.45, 2.75) is 56.9 Å². The van der Waals surface area contributed by atoms with Crippen molar-refractivity contribution in [2.75, 3.05) is 20.8 Å². The Morgan fingerprint density at radius 3 is 2.41 bits per heavy atom. The lowest BCUT2D eigenvalue weighted by atomic mass is 9.89. The molecular formula is C32H35NO8. The van der Waals surface area contributed by atoms with Crippen molar-refractivity contribution >= 4 is 12.1 Å². The predicted octanol–water partition coefficient (Wildman–Crippen LogP) is 5.16. The summed E-state index contributed by atoms with van der Waals surface area (Å²) in [4.78, 5) is 25.6. The number of para-hydroxylation sites is 1. The number of fused-ring (bicyclic) bond motifs is 1. The molecule has 0 aromatic heterocycles. The standard InChI is InChI=1S/C32H35NO8/c1-32(2)28(37-4)26-27(40-31(35)39-26)30(41-32)38-21-16-17-22(23-14-8-9-15-25(23)36-3)24(19-21)29(34)33-18-10-13-20-11-6-5-7-12-20/h5-9,11-12,14-17,19,26-28,30H,10,13,18H2,1-4H3,(H,33,34)/t26-,27+,28+,30+/m0/s1. The van der Waals surface area contributed by atoms with E-state index in [1.165, 1.54) is 12.7 Å². The molecule has 216 valence electrons. The van der Waals surface area contributed by atoms with Gasteiger partial charge in [-0.05, 0) is 62.1 Å². The first kappa shape index (κ1) is 28.4. The zero-order chi connectivity index (χ0) is 29.0. The lowest BCUT2D eigenvalue weighted by molar-refractivity contribution is -0.282. The van der Waals surface area contributed by atoms with Crippen molar-refractivity contribution in [3.63, 3.8) is 0 Å². The summed E-state index contributed by atoms with van der Waals surface area (Å²) in [6.07, 6.45) is -2.25. The van der Waals surface area contributed by atoms with E-state index in [0.29, 0.717) is 29.2 Å². The lowest BCUT2D eigenvalue weighted by Crippen LogP contribution is -2.62. The molecule has 4 atom stereocenters. The van der Waals surface area contributed by atoms with Crippen LogP contribution < -0.4 is 14.8 Å². The maximum absolute atomic E-state index is 13.6. The second-order valence-corrected chi connectivity index (χ2v) is 10.5. The van der Waals surface area contributed by atoms with Gasteiger partial charge < -0.3 is 33.7 Å². The van der Waals surface area contributed by atoms with Crippen molar-refractivity contribution < 1.29 is 38.0 Å². The molecule has 0 aliphatic carbocycles. The molecule has 3 aromatic rings. The van der Waals surface area contributed by atoms with Crippen LogP contribution in [0.4, 0.5) is 4.79 Å². The van der Waals surface area contributed by atoms with Crippen molar-refractivity contribution in [1.29, 1.82) is 0 Å². The van der Waals surface area contributed by atoms with Gasteiger partial charge in [0, 0.05) is 19.2 Å². The zero-order valence-corrected chi connectivity index (χ0v) is 23.6. The smallest absolute Gasteiger partial charge is 0.496 e. The van der Waals surface area contributed by atoms with E-state index in [1.807, 2.05) is 62.4 Å². The van der Waals surface area contributed by atoms with Crippen molar-refractivity contribution in [3.8, 4) is 22.6 Å². The highest BCUT2D eigenvalue weighted by Gasteiger charge is 2.58. The molecule has 0 radical (unpaired) electrons. The number of rotatable bonds is 10. The summed E-state index contributed by atoms with van der Waals surface area (Å²) >= 11 is 0. The van der Waals surface area contributed by atoms with Crippen LogP contribution in [-0.4, -0.2) is 63.0 Å². The van der Waals surface area contributed by atoms with Crippen LogP contribution >= 0.6 is 0 Å². The molecule has 3 aromatic carbocycles. The van der Waals surface area contributed by atoms with Gasteiger partial charge in [-0.25, -0.2) is 4.79 Å². The number of amides is 1. The van der Waals surface area contributed by atoms with E-state index < -0.39 is 36.4 Å². The SMILES string of the molecule is COc1ccccc1-c1ccc(O[C@@H]2OC(C)(C)[C@H](OC)[C@H]3OC(=O)O[C@@H]23)cc1C(=O)NCCCc1ccccc1. The molecule has 1 amide bonds. The number of aryl methyl sites for hydroxylation is 1. The van der Waals surface area contributed by atoms with E-state index in [-0.39, 0.29) is 5.91 Å². The van der Waals surface area contributed by atoms with E-state index in [4.69, 9.17) is 28.4 Å². The minimum Gasteiger partial charge on any atom is -0.496 e. The Balaban J connectivity index is 1.40. The summed E-state index contributed by atoms with van der Waals surface area (Å²) in [6, 6.07) is 22.9. The third-order valence-corrected chi connectivity index (χ3v) is 7.37. The van der Waals surface area contributed by atoms with E-state index in [9.17, 15) is 9.59 Å². The molecule has 2 aliphatic rings. The maximum Gasteiger partial charge on any atom is 0.509 e. The number of ether oxygens (including phenoxy) is 6. The summed E-state index contributed by atoms with van der Waals surface area (Å²) < 4.78 is 34.4. The first-order chi connectivity index (χ1) is 19.8. The number of nitrogens with one attached hydrogen (secondary N) is 1. The fourth-order valence-corrected chi connectivity index (χ4v) is 5.42. The van der Waals surface area contributed by atoms with Crippen LogP contribution in [0.2, 0.25) is 0 Å². The molecule has 2 saturated heterocycles. The Hall–Kier alpha value is -4.08. The normalized spacial score (nSPS) is 22.7. The summed E-state index contributed by atoms with van der Waals surface area (Å²) in [6.45, 7) is 4.16. The van der Waals surface area contributed by atoms with Gasteiger partial charge in [-0.1, -0.05) is 48.5 Å². The van der Waals surface area contributed by atoms with E-state index in [1.54, 1.807) is 19.2 Å². The molecule has 0 saturated carbocycles. The highest BCUT2D eigenvalue weighted by Crippen LogP contribution is 2.40. The summed E-state index contributed by atoms with van der Waals surface area (Å²) in [5.41, 5.74) is 2.24. The Labute approximate surface area is 239 Å². The number of hydrogen-bond acceptors (Lipinski definition) is 8. The molecule has 2 heterocycles. The van der Waals surface area contributed by atoms with Crippen molar-refractivity contribution in [2.24, 2.45) is 0 Å². The number of carbonyl (C=O) groups excluding carboxylic acids is 2. The third kappa shape index (κ3) is 6.16. The van der Waals surface area contributed by atoms with Crippen LogP contribution in [0.25, 0.3) is 11.1 Å². The minimum absolute atomic E-state index is 0.248. The van der Waals surface area contributed by atoms with Crippen LogP contribution in [-0.2, 0) is 25.4 Å². The molecule has 9 heteroatoms. The van der Waals surface area contributed by atoms with Crippen molar-refractivity contribution in [3.05, 3.63) is 83.9 Å². The average molecular weight is 562 g/mol. The molecule has 41 heavy (non-hydrogen) atoms. The van der Waals surface area contributed by atoms with Gasteiger partial charge in [0.1, 0.15) is 17.6 Å². The van der Waals surface area contributed by atoms with E-state index in [0.717, 1.165) is 18.4 Å². The van der Waals surface area contributed by atoms with Gasteiger partial charge in [-0.15, -0.1) is 0 Å². The van der Waals surface area contributed by atoms with Gasteiger partial charge in [-0.3, -0.25) is 4.79 Å². The molecule has 1 N–H and O–H groups in total. The molecular weight excluding hydrogens is 526 g/mol. The summed E-state index contributed by atoms with van der Waals surface area (Å²) in [7, 11) is 3.12. The number of hydrogen-bond donors (Lipinski definition) is 1. The van der Waals surface area contributed by atoms with Gasteiger partial charge in [0.15, 0.2) is 6.10 Å². The average Bonchev–Trinajstić information content (AvgIpc) is 3.36. The topological polar surface area (TPSA) is 102 Å². The van der Waals surface area contributed by atoms with Gasteiger partial charge in [0.25, 0.3) is 5.91 Å². The number of carbonyl (C=O) groups is 2. The lowest BCUT2D eigenvalue weighted by Gasteiger charge is -2.45. The van der Waals surface area contributed by atoms with Crippen LogP contribution in [0.3, 0.4) is 0 Å². The fourth-order valence-electron chi connectivity index (χ4n) is 5.42. The predicted molar refractivity (Wildman–Crippen MR) is 151 cm³/mol. The van der Waals surface area contributed by atoms with Crippen LogP contribution in [0.5, 0.6) is 11.5 Å². The fraction of sp³-hybridized carbons (Fsp3) is 0.375. The van der Waals surface area contributed by atoms with Gasteiger partial charge >= 0.3 is 6.16 Å². The molecule has 5 rings (SSSR count). The molecule has 0 spiro atoms. The quantitative estimate of drug-likeness (QED) is 0.268. The first-order valence-corrected chi connectivity index (χ1v) is 13.6. The third-order valence-electron chi connectivity index (χ3n) is 7.37. The first-order valence-electron chi connectivity index (χ1n) is 13.6. The minimum atomic E-state index is -0.980. The second-order valence-electron chi connectivity index (χ2n) is 10.5. The zero-order valence-electron chi connectivity index (χ0n) is 23.6. The van der Waals surface area contributed by atoms with E-state index in [2.05, 4.69) is 17.4 Å². The van der Waals surface area contributed by atoms with Crippen LogP contribution in [0.1, 0.15) is 36.2 Å². The monoisotopic (exact) mass is 561 g/mol. The summed E-state index contributed by atoms with van der Waals surface area (Å²) in [5, 5.41) is 3.04. The Bertz CT molecular complexity index is 1380. The Morgan fingerprint density at radius 2 is 1.66 bits per heavy atom. The molecule has 0 unspecified atom stereocenters. The van der Waals surface area contributed by atoms with Crippen molar-refractivity contribution in [1.82, 2.24) is 5.32 Å². The Morgan fingerprint density at radius 1 is 0.927 bits per heavy atom. The van der Waals surface area contributed by atoms with Gasteiger partial charge in [0.05, 0.1) is 18.3 Å². The molecule has 9 nitrogen and oxygen atoms in total.